The average Bonchev–Trinajstić information content (AvgIpc) is 2.72. The number of nitrogens with two attached hydrogens (primary N) is 1. The van der Waals surface area contributed by atoms with Crippen LogP contribution in [0.4, 0.5) is 5.95 Å². The second-order valence-electron chi connectivity index (χ2n) is 3.81. The highest BCUT2D eigenvalue weighted by Gasteiger charge is 1.96. The van der Waals surface area contributed by atoms with E-state index in [2.05, 4.69) is 34.3 Å². The number of hydrogen-bond donors (Lipinski definition) is 1. The van der Waals surface area contributed by atoms with Gasteiger partial charge in [0.1, 0.15) is 6.33 Å². The SMILES string of the molecule is Nc1ncn(CCCCc2ccccc2)n1. The summed E-state index contributed by atoms with van der Waals surface area (Å²) in [6, 6.07) is 10.5. The number of aromatic nitrogens is 3. The topological polar surface area (TPSA) is 56.7 Å². The van der Waals surface area contributed by atoms with Gasteiger partial charge < -0.3 is 5.73 Å². The zero-order valence-electron chi connectivity index (χ0n) is 9.21. The minimum Gasteiger partial charge on any atom is -0.367 e. The highest BCUT2D eigenvalue weighted by Crippen LogP contribution is 2.05. The molecule has 16 heavy (non-hydrogen) atoms. The van der Waals surface area contributed by atoms with Crippen LogP contribution in [0.5, 0.6) is 0 Å². The van der Waals surface area contributed by atoms with Crippen LogP contribution in [-0.4, -0.2) is 14.8 Å². The monoisotopic (exact) mass is 216 g/mol. The van der Waals surface area contributed by atoms with Gasteiger partial charge in [0, 0.05) is 6.54 Å². The van der Waals surface area contributed by atoms with Gasteiger partial charge in [-0.1, -0.05) is 30.3 Å². The molecule has 1 aromatic heterocycles. The van der Waals surface area contributed by atoms with E-state index in [0.29, 0.717) is 5.95 Å². The van der Waals surface area contributed by atoms with Crippen LogP contribution >= 0.6 is 0 Å². The molecule has 4 nitrogen and oxygen atoms in total. The number of benzene rings is 1. The second-order valence-corrected chi connectivity index (χ2v) is 3.81. The Morgan fingerprint density at radius 1 is 1.12 bits per heavy atom. The molecule has 0 fully saturated rings. The van der Waals surface area contributed by atoms with Gasteiger partial charge in [-0.3, -0.25) is 4.68 Å². The Morgan fingerprint density at radius 3 is 2.62 bits per heavy atom. The van der Waals surface area contributed by atoms with Crippen molar-refractivity contribution in [3.63, 3.8) is 0 Å². The minimum absolute atomic E-state index is 0.350. The van der Waals surface area contributed by atoms with E-state index in [4.69, 9.17) is 5.73 Å². The van der Waals surface area contributed by atoms with Crippen molar-refractivity contribution in [2.24, 2.45) is 0 Å². The predicted molar refractivity (Wildman–Crippen MR) is 63.8 cm³/mol. The normalized spacial score (nSPS) is 10.5. The molecule has 0 bridgehead atoms. The van der Waals surface area contributed by atoms with Crippen molar-refractivity contribution in [2.45, 2.75) is 25.8 Å². The molecule has 0 aliphatic rings. The highest BCUT2D eigenvalue weighted by molar-refractivity contribution is 5.14. The van der Waals surface area contributed by atoms with E-state index < -0.39 is 0 Å². The van der Waals surface area contributed by atoms with Crippen molar-refractivity contribution >= 4 is 5.95 Å². The average molecular weight is 216 g/mol. The Balaban J connectivity index is 1.69. The van der Waals surface area contributed by atoms with Gasteiger partial charge in [0.25, 0.3) is 0 Å². The van der Waals surface area contributed by atoms with E-state index in [0.717, 1.165) is 25.8 Å². The van der Waals surface area contributed by atoms with E-state index in [9.17, 15) is 0 Å². The molecular weight excluding hydrogens is 200 g/mol. The lowest BCUT2D eigenvalue weighted by Crippen LogP contribution is -2.00. The molecule has 4 heteroatoms. The zero-order valence-corrected chi connectivity index (χ0v) is 9.21. The van der Waals surface area contributed by atoms with Crippen LogP contribution in [-0.2, 0) is 13.0 Å². The first-order valence-electron chi connectivity index (χ1n) is 5.53. The van der Waals surface area contributed by atoms with Gasteiger partial charge in [-0.15, -0.1) is 5.10 Å². The van der Waals surface area contributed by atoms with E-state index in [-0.39, 0.29) is 0 Å². The van der Waals surface area contributed by atoms with Crippen molar-refractivity contribution in [1.82, 2.24) is 14.8 Å². The fourth-order valence-electron chi connectivity index (χ4n) is 1.66. The minimum atomic E-state index is 0.350. The molecule has 2 rings (SSSR count). The van der Waals surface area contributed by atoms with E-state index in [1.54, 1.807) is 11.0 Å². The summed E-state index contributed by atoms with van der Waals surface area (Å²) in [5, 5.41) is 4.04. The number of aryl methyl sites for hydroxylation is 2. The van der Waals surface area contributed by atoms with Crippen LogP contribution in [0.15, 0.2) is 36.7 Å². The molecule has 0 aliphatic heterocycles. The standard InChI is InChI=1S/C12H16N4/c13-12-14-10-16(15-12)9-5-4-8-11-6-2-1-3-7-11/h1-3,6-7,10H,4-5,8-9H2,(H2,13,15). The van der Waals surface area contributed by atoms with Gasteiger partial charge in [-0.25, -0.2) is 4.98 Å². The van der Waals surface area contributed by atoms with Gasteiger partial charge in [-0.2, -0.15) is 0 Å². The Bertz CT molecular complexity index is 422. The molecule has 0 amide bonds. The van der Waals surface area contributed by atoms with Crippen molar-refractivity contribution in [3.05, 3.63) is 42.2 Å². The Hall–Kier alpha value is -1.84. The third-order valence-electron chi connectivity index (χ3n) is 2.50. The van der Waals surface area contributed by atoms with Crippen LogP contribution in [0, 0.1) is 0 Å². The lowest BCUT2D eigenvalue weighted by atomic mass is 10.1. The molecule has 0 atom stereocenters. The summed E-state index contributed by atoms with van der Waals surface area (Å²) in [5.74, 6) is 0.350. The second kappa shape index (κ2) is 5.30. The molecule has 84 valence electrons. The third-order valence-corrected chi connectivity index (χ3v) is 2.50. The van der Waals surface area contributed by atoms with Crippen molar-refractivity contribution in [1.29, 1.82) is 0 Å². The van der Waals surface area contributed by atoms with Crippen LogP contribution in [0.3, 0.4) is 0 Å². The maximum absolute atomic E-state index is 5.43. The lowest BCUT2D eigenvalue weighted by Gasteiger charge is -2.01. The van der Waals surface area contributed by atoms with Crippen LogP contribution in [0.2, 0.25) is 0 Å². The molecule has 0 aliphatic carbocycles. The fourth-order valence-corrected chi connectivity index (χ4v) is 1.66. The summed E-state index contributed by atoms with van der Waals surface area (Å²) in [5.41, 5.74) is 6.82. The quantitative estimate of drug-likeness (QED) is 0.776. The molecule has 2 N–H and O–H groups in total. The summed E-state index contributed by atoms with van der Waals surface area (Å²) < 4.78 is 1.79. The number of rotatable bonds is 5. The first kappa shape index (κ1) is 10.7. The molecule has 0 unspecified atom stereocenters. The van der Waals surface area contributed by atoms with Gasteiger partial charge in [0.2, 0.25) is 5.95 Å². The van der Waals surface area contributed by atoms with Crippen LogP contribution < -0.4 is 5.73 Å². The summed E-state index contributed by atoms with van der Waals surface area (Å²) >= 11 is 0. The number of anilines is 1. The summed E-state index contributed by atoms with van der Waals surface area (Å²) in [7, 11) is 0. The smallest absolute Gasteiger partial charge is 0.239 e. The van der Waals surface area contributed by atoms with E-state index in [1.807, 2.05) is 6.07 Å². The molecule has 0 saturated heterocycles. The number of nitrogens with zero attached hydrogens (tertiary/aromatic N) is 3. The lowest BCUT2D eigenvalue weighted by molar-refractivity contribution is 0.558. The molecule has 1 heterocycles. The first-order valence-corrected chi connectivity index (χ1v) is 5.53. The highest BCUT2D eigenvalue weighted by atomic mass is 15.3. The van der Waals surface area contributed by atoms with Gasteiger partial charge in [-0.05, 0) is 24.8 Å². The number of nitrogen functional groups attached to an aromatic ring is 1. The fraction of sp³-hybridized carbons (Fsp3) is 0.333. The Kier molecular flexibility index (Phi) is 3.53. The summed E-state index contributed by atoms with van der Waals surface area (Å²) in [4.78, 5) is 3.88. The van der Waals surface area contributed by atoms with Crippen molar-refractivity contribution in [3.8, 4) is 0 Å². The predicted octanol–water partition coefficient (Wildman–Crippen LogP) is 1.88. The van der Waals surface area contributed by atoms with Crippen LogP contribution in [0.25, 0.3) is 0 Å². The van der Waals surface area contributed by atoms with Crippen molar-refractivity contribution in [2.75, 3.05) is 5.73 Å². The maximum atomic E-state index is 5.43. The molecule has 0 spiro atoms. The zero-order chi connectivity index (χ0) is 11.2. The van der Waals surface area contributed by atoms with E-state index in [1.165, 1.54) is 5.56 Å². The van der Waals surface area contributed by atoms with Gasteiger partial charge in [0.15, 0.2) is 0 Å². The van der Waals surface area contributed by atoms with Gasteiger partial charge >= 0.3 is 0 Å². The largest absolute Gasteiger partial charge is 0.367 e. The number of unbranched alkanes of at least 4 members (excludes halogenated alkanes) is 1. The van der Waals surface area contributed by atoms with Crippen LogP contribution in [0.1, 0.15) is 18.4 Å². The third kappa shape index (κ3) is 3.08. The number of hydrogen-bond acceptors (Lipinski definition) is 3. The van der Waals surface area contributed by atoms with E-state index >= 15 is 0 Å². The molecule has 2 aromatic rings. The molecule has 0 saturated carbocycles. The molecular formula is C12H16N4. The Morgan fingerprint density at radius 2 is 1.94 bits per heavy atom. The molecule has 0 radical (unpaired) electrons. The Labute approximate surface area is 95.1 Å². The maximum Gasteiger partial charge on any atom is 0.239 e. The summed E-state index contributed by atoms with van der Waals surface area (Å²) in [6.45, 7) is 0.886. The van der Waals surface area contributed by atoms with Gasteiger partial charge in [0.05, 0.1) is 0 Å². The first-order chi connectivity index (χ1) is 7.84. The molecule has 1 aromatic carbocycles. The van der Waals surface area contributed by atoms with Crippen molar-refractivity contribution < 1.29 is 0 Å². The summed E-state index contributed by atoms with van der Waals surface area (Å²) in [6.07, 6.45) is 5.05.